The second-order valence-corrected chi connectivity index (χ2v) is 9.40. The fourth-order valence-electron chi connectivity index (χ4n) is 5.16. The number of aromatic amines is 1. The zero-order valence-corrected chi connectivity index (χ0v) is 19.3. The van der Waals surface area contributed by atoms with Crippen molar-refractivity contribution < 1.29 is 9.53 Å². The van der Waals surface area contributed by atoms with Gasteiger partial charge in [-0.25, -0.2) is 4.98 Å². The summed E-state index contributed by atoms with van der Waals surface area (Å²) in [7, 11) is 0. The van der Waals surface area contributed by atoms with Gasteiger partial charge in [-0.1, -0.05) is 0 Å². The van der Waals surface area contributed by atoms with Gasteiger partial charge in [0.05, 0.1) is 18.2 Å². The van der Waals surface area contributed by atoms with Gasteiger partial charge in [0.2, 0.25) is 0 Å². The first-order valence-electron chi connectivity index (χ1n) is 11.7. The minimum atomic E-state index is -0.126. The zero-order chi connectivity index (χ0) is 22.9. The molecule has 2 saturated heterocycles. The number of nitrogens with zero attached hydrogens (tertiary/aromatic N) is 4. The lowest BCUT2D eigenvalue weighted by molar-refractivity contribution is -0.150. The topological polar surface area (TPSA) is 108 Å². The van der Waals surface area contributed by atoms with Crippen LogP contribution < -0.4 is 10.6 Å². The van der Waals surface area contributed by atoms with Gasteiger partial charge in [-0.3, -0.25) is 19.8 Å². The largest absolute Gasteiger partial charge is 0.462 e. The highest BCUT2D eigenvalue weighted by Crippen LogP contribution is 2.37. The van der Waals surface area contributed by atoms with Gasteiger partial charge in [-0.2, -0.15) is 5.10 Å². The number of H-pyrrole nitrogens is 1. The smallest absolute Gasteiger partial charge is 0.320 e. The van der Waals surface area contributed by atoms with E-state index >= 15 is 0 Å². The molecular formula is C24H31N7O2. The molecule has 2 aliphatic rings. The van der Waals surface area contributed by atoms with E-state index in [1.807, 2.05) is 45.0 Å². The van der Waals surface area contributed by atoms with Crippen molar-refractivity contribution in [2.75, 3.05) is 17.2 Å². The molecule has 2 aliphatic heterocycles. The molecule has 0 spiro atoms. The number of esters is 1. The molecule has 0 amide bonds. The van der Waals surface area contributed by atoms with E-state index < -0.39 is 0 Å². The normalized spacial score (nSPS) is 22.6. The van der Waals surface area contributed by atoms with Crippen LogP contribution in [0.1, 0.15) is 45.2 Å². The number of fused-ring (bicyclic) bond motifs is 3. The van der Waals surface area contributed by atoms with E-state index in [1.54, 1.807) is 6.20 Å². The highest BCUT2D eigenvalue weighted by atomic mass is 16.5. The van der Waals surface area contributed by atoms with Crippen LogP contribution in [0.4, 0.5) is 17.5 Å². The maximum atomic E-state index is 12.2. The first-order chi connectivity index (χ1) is 15.9. The number of hydrogen-bond donors (Lipinski definition) is 3. The number of carbonyl (C=O) groups excluding carboxylic acids is 1. The van der Waals surface area contributed by atoms with Crippen molar-refractivity contribution in [2.24, 2.45) is 0 Å². The number of ether oxygens (including phenoxy) is 1. The van der Waals surface area contributed by atoms with Gasteiger partial charge in [-0.15, -0.1) is 0 Å². The Bertz CT molecular complexity index is 1130. The van der Waals surface area contributed by atoms with E-state index in [1.165, 1.54) is 0 Å². The molecule has 174 valence electrons. The van der Waals surface area contributed by atoms with Gasteiger partial charge in [0, 0.05) is 47.5 Å². The van der Waals surface area contributed by atoms with Crippen LogP contribution >= 0.6 is 0 Å². The second-order valence-electron chi connectivity index (χ2n) is 9.40. The van der Waals surface area contributed by atoms with Crippen molar-refractivity contribution in [2.45, 2.75) is 70.7 Å². The Morgan fingerprint density at radius 1 is 1.24 bits per heavy atom. The average molecular weight is 450 g/mol. The number of piperidine rings is 1. The van der Waals surface area contributed by atoms with E-state index in [2.05, 4.69) is 30.7 Å². The number of rotatable bonds is 7. The van der Waals surface area contributed by atoms with Crippen molar-refractivity contribution in [3.63, 3.8) is 0 Å². The predicted molar refractivity (Wildman–Crippen MR) is 128 cm³/mol. The summed E-state index contributed by atoms with van der Waals surface area (Å²) < 4.78 is 5.38. The molecule has 0 saturated carbocycles. The monoisotopic (exact) mass is 449 g/mol. The van der Waals surface area contributed by atoms with Crippen LogP contribution in [0, 0.1) is 6.92 Å². The molecule has 3 aromatic rings. The number of nitrogens with one attached hydrogen (secondary N) is 3. The Balaban J connectivity index is 1.33. The van der Waals surface area contributed by atoms with Crippen LogP contribution in [-0.2, 0) is 9.53 Å². The molecule has 1 unspecified atom stereocenters. The summed E-state index contributed by atoms with van der Waals surface area (Å²) in [5.41, 5.74) is 1.86. The number of pyridine rings is 2. The van der Waals surface area contributed by atoms with E-state index in [0.29, 0.717) is 30.5 Å². The van der Waals surface area contributed by atoms with Crippen molar-refractivity contribution in [3.8, 4) is 0 Å². The first kappa shape index (κ1) is 21.6. The van der Waals surface area contributed by atoms with Crippen LogP contribution in [0.5, 0.6) is 0 Å². The van der Waals surface area contributed by atoms with Gasteiger partial charge in [0.1, 0.15) is 11.6 Å². The standard InChI is InChI=1S/C24H31N7O2/c1-14(2)33-23(32)13-31-17-6-7-18(31)11-16(10-17)26-24-19-5-4-8-25-20(19)12-21(28-24)27-22-9-15(3)29-30-22/h4-5,8-9,12,14,16-18H,6-7,10-11,13H2,1-3H3,(H3,26,27,28,29,30)/t16?,17-,18+. The Labute approximate surface area is 193 Å². The van der Waals surface area contributed by atoms with Crippen LogP contribution in [0.3, 0.4) is 0 Å². The Morgan fingerprint density at radius 2 is 2.03 bits per heavy atom. The first-order valence-corrected chi connectivity index (χ1v) is 11.7. The van der Waals surface area contributed by atoms with Gasteiger partial charge in [0.15, 0.2) is 5.82 Å². The van der Waals surface area contributed by atoms with E-state index in [-0.39, 0.29) is 12.1 Å². The van der Waals surface area contributed by atoms with Crippen molar-refractivity contribution >= 4 is 34.3 Å². The van der Waals surface area contributed by atoms with Crippen LogP contribution in [0.2, 0.25) is 0 Å². The fourth-order valence-corrected chi connectivity index (χ4v) is 5.16. The molecule has 0 aromatic carbocycles. The third-order valence-corrected chi connectivity index (χ3v) is 6.47. The minimum Gasteiger partial charge on any atom is -0.462 e. The molecule has 0 aliphatic carbocycles. The molecule has 0 radical (unpaired) electrons. The molecule has 5 rings (SSSR count). The fraction of sp³-hybridized carbons (Fsp3) is 0.500. The third kappa shape index (κ3) is 4.78. The van der Waals surface area contributed by atoms with Gasteiger partial charge >= 0.3 is 5.97 Å². The van der Waals surface area contributed by atoms with Crippen LogP contribution in [0.25, 0.3) is 10.9 Å². The number of aromatic nitrogens is 4. The van der Waals surface area contributed by atoms with E-state index in [0.717, 1.165) is 53.9 Å². The van der Waals surface area contributed by atoms with E-state index in [4.69, 9.17) is 9.72 Å². The molecule has 33 heavy (non-hydrogen) atoms. The van der Waals surface area contributed by atoms with E-state index in [9.17, 15) is 4.79 Å². The molecular weight excluding hydrogens is 418 g/mol. The number of hydrogen-bond acceptors (Lipinski definition) is 8. The van der Waals surface area contributed by atoms with Gasteiger partial charge in [0.25, 0.3) is 0 Å². The summed E-state index contributed by atoms with van der Waals surface area (Å²) in [6, 6.07) is 8.93. The summed E-state index contributed by atoms with van der Waals surface area (Å²) >= 11 is 0. The summed E-state index contributed by atoms with van der Waals surface area (Å²) in [5, 5.41) is 15.2. The van der Waals surface area contributed by atoms with Crippen LogP contribution in [0.15, 0.2) is 30.5 Å². The Hall–Kier alpha value is -3.20. The maximum Gasteiger partial charge on any atom is 0.320 e. The lowest BCUT2D eigenvalue weighted by Crippen LogP contribution is -2.49. The summed E-state index contributed by atoms with van der Waals surface area (Å²) in [4.78, 5) is 24.0. The Kier molecular flexibility index (Phi) is 5.88. The predicted octanol–water partition coefficient (Wildman–Crippen LogP) is 3.76. The van der Waals surface area contributed by atoms with Crippen molar-refractivity contribution in [3.05, 3.63) is 36.2 Å². The zero-order valence-electron chi connectivity index (χ0n) is 19.3. The molecule has 9 nitrogen and oxygen atoms in total. The van der Waals surface area contributed by atoms with Crippen molar-refractivity contribution in [1.29, 1.82) is 0 Å². The summed E-state index contributed by atoms with van der Waals surface area (Å²) in [6.45, 7) is 6.13. The maximum absolute atomic E-state index is 12.2. The lowest BCUT2D eigenvalue weighted by Gasteiger charge is -2.38. The van der Waals surface area contributed by atoms with Crippen molar-refractivity contribution in [1.82, 2.24) is 25.1 Å². The highest BCUT2D eigenvalue weighted by molar-refractivity contribution is 5.91. The molecule has 9 heteroatoms. The third-order valence-electron chi connectivity index (χ3n) is 6.47. The molecule has 2 fully saturated rings. The molecule has 5 heterocycles. The minimum absolute atomic E-state index is 0.0754. The summed E-state index contributed by atoms with van der Waals surface area (Å²) in [5.74, 6) is 2.12. The van der Waals surface area contributed by atoms with Crippen LogP contribution in [-0.4, -0.2) is 61.8 Å². The quantitative estimate of drug-likeness (QED) is 0.468. The SMILES string of the molecule is Cc1cc(Nc2cc3ncccc3c(NC3C[C@H]4CC[C@@H](C3)N4CC(=O)OC(C)C)n2)n[nH]1. The number of carbonyl (C=O) groups is 1. The number of anilines is 3. The molecule has 2 bridgehead atoms. The molecule has 3 aromatic heterocycles. The molecule has 3 atom stereocenters. The number of aryl methyl sites for hydroxylation is 1. The lowest BCUT2D eigenvalue weighted by atomic mass is 9.97. The average Bonchev–Trinajstić information content (AvgIpc) is 3.26. The second kappa shape index (κ2) is 8.97. The summed E-state index contributed by atoms with van der Waals surface area (Å²) in [6.07, 6.45) is 5.91. The van der Waals surface area contributed by atoms with Gasteiger partial charge in [-0.05, 0) is 58.6 Å². The molecule has 3 N–H and O–H groups in total. The highest BCUT2D eigenvalue weighted by Gasteiger charge is 2.41. The Morgan fingerprint density at radius 3 is 2.73 bits per heavy atom. The van der Waals surface area contributed by atoms with Gasteiger partial charge < -0.3 is 15.4 Å².